The number of alkyl halides is 3. The predicted molar refractivity (Wildman–Crippen MR) is 58.3 cm³/mol. The van der Waals surface area contributed by atoms with Gasteiger partial charge in [0.2, 0.25) is 5.91 Å². The molecule has 1 aromatic rings. The van der Waals surface area contributed by atoms with Crippen LogP contribution in [0.3, 0.4) is 0 Å². The van der Waals surface area contributed by atoms with E-state index in [1.54, 1.807) is 0 Å². The fourth-order valence-corrected chi connectivity index (χ4v) is 2.16. The number of hydrogen-bond acceptors (Lipinski definition) is 2. The Balaban J connectivity index is 2.37. The van der Waals surface area contributed by atoms with Gasteiger partial charge >= 0.3 is 12.1 Å². The van der Waals surface area contributed by atoms with Gasteiger partial charge in [0.15, 0.2) is 0 Å². The van der Waals surface area contributed by atoms with E-state index in [2.05, 4.69) is 5.32 Å². The SMILES string of the molecule is O=C(O)[C@@H]1C(=O)NCC1c1cccc(C(F)(F)F)c1. The number of carbonyl (C=O) groups excluding carboxylic acids is 1. The van der Waals surface area contributed by atoms with Crippen LogP contribution in [-0.2, 0) is 15.8 Å². The second-order valence-electron chi connectivity index (χ2n) is 4.29. The van der Waals surface area contributed by atoms with E-state index >= 15 is 0 Å². The Morgan fingerprint density at radius 2 is 2.05 bits per heavy atom. The van der Waals surface area contributed by atoms with Gasteiger partial charge < -0.3 is 10.4 Å². The van der Waals surface area contributed by atoms with Crippen LogP contribution in [0.15, 0.2) is 24.3 Å². The van der Waals surface area contributed by atoms with Crippen molar-refractivity contribution in [2.24, 2.45) is 5.92 Å². The van der Waals surface area contributed by atoms with Gasteiger partial charge in [-0.2, -0.15) is 13.2 Å². The van der Waals surface area contributed by atoms with Gasteiger partial charge in [-0.15, -0.1) is 0 Å². The van der Waals surface area contributed by atoms with E-state index in [4.69, 9.17) is 5.11 Å². The third-order valence-electron chi connectivity index (χ3n) is 3.09. The van der Waals surface area contributed by atoms with E-state index in [1.165, 1.54) is 12.1 Å². The Hall–Kier alpha value is -2.05. The number of aliphatic carboxylic acids is 1. The molecule has 1 fully saturated rings. The van der Waals surface area contributed by atoms with Crippen LogP contribution in [-0.4, -0.2) is 23.5 Å². The molecule has 1 unspecified atom stereocenters. The van der Waals surface area contributed by atoms with E-state index in [-0.39, 0.29) is 12.1 Å². The molecule has 1 aliphatic heterocycles. The highest BCUT2D eigenvalue weighted by Gasteiger charge is 2.41. The van der Waals surface area contributed by atoms with Crippen LogP contribution < -0.4 is 5.32 Å². The van der Waals surface area contributed by atoms with Crippen molar-refractivity contribution < 1.29 is 27.9 Å². The van der Waals surface area contributed by atoms with E-state index in [1.807, 2.05) is 0 Å². The third-order valence-corrected chi connectivity index (χ3v) is 3.09. The van der Waals surface area contributed by atoms with Gasteiger partial charge in [-0.25, -0.2) is 0 Å². The first-order valence-corrected chi connectivity index (χ1v) is 5.48. The normalized spacial score (nSPS) is 23.2. The van der Waals surface area contributed by atoms with Crippen LogP contribution in [0.25, 0.3) is 0 Å². The zero-order valence-corrected chi connectivity index (χ0v) is 9.57. The maximum Gasteiger partial charge on any atom is 0.416 e. The number of carboxylic acid groups (broad SMARTS) is 1. The van der Waals surface area contributed by atoms with Gasteiger partial charge in [0.1, 0.15) is 5.92 Å². The van der Waals surface area contributed by atoms with Crippen molar-refractivity contribution in [1.82, 2.24) is 5.32 Å². The summed E-state index contributed by atoms with van der Waals surface area (Å²) < 4.78 is 37.8. The number of nitrogens with one attached hydrogen (secondary N) is 1. The molecule has 7 heteroatoms. The molecule has 0 bridgehead atoms. The molecule has 1 aliphatic rings. The van der Waals surface area contributed by atoms with Gasteiger partial charge in [-0.1, -0.05) is 18.2 Å². The fraction of sp³-hybridized carbons (Fsp3) is 0.333. The largest absolute Gasteiger partial charge is 0.481 e. The summed E-state index contributed by atoms with van der Waals surface area (Å²) in [5.41, 5.74) is -0.658. The number of rotatable bonds is 2. The van der Waals surface area contributed by atoms with Crippen LogP contribution >= 0.6 is 0 Å². The first kappa shape index (κ1) is 13.4. The maximum absolute atomic E-state index is 12.6. The first-order chi connectivity index (χ1) is 8.80. The van der Waals surface area contributed by atoms with Crippen molar-refractivity contribution in [3.05, 3.63) is 35.4 Å². The number of hydrogen-bond donors (Lipinski definition) is 2. The number of halogens is 3. The van der Waals surface area contributed by atoms with Crippen molar-refractivity contribution in [2.75, 3.05) is 6.54 Å². The highest BCUT2D eigenvalue weighted by molar-refractivity contribution is 5.99. The summed E-state index contributed by atoms with van der Waals surface area (Å²) in [7, 11) is 0. The molecule has 1 saturated heterocycles. The zero-order chi connectivity index (χ0) is 14.2. The van der Waals surface area contributed by atoms with Gasteiger partial charge in [0, 0.05) is 12.5 Å². The topological polar surface area (TPSA) is 66.4 Å². The van der Waals surface area contributed by atoms with Gasteiger partial charge in [-0.05, 0) is 11.6 Å². The van der Waals surface area contributed by atoms with Crippen LogP contribution in [0.5, 0.6) is 0 Å². The summed E-state index contributed by atoms with van der Waals surface area (Å²) in [6, 6.07) is 4.40. The Morgan fingerprint density at radius 1 is 1.37 bits per heavy atom. The molecule has 2 N–H and O–H groups in total. The molecule has 19 heavy (non-hydrogen) atoms. The Bertz CT molecular complexity index is 527. The third kappa shape index (κ3) is 2.54. The van der Waals surface area contributed by atoms with E-state index < -0.39 is 35.5 Å². The van der Waals surface area contributed by atoms with E-state index in [9.17, 15) is 22.8 Å². The molecule has 2 atom stereocenters. The average molecular weight is 273 g/mol. The van der Waals surface area contributed by atoms with Gasteiger partial charge in [0.25, 0.3) is 0 Å². The van der Waals surface area contributed by atoms with Crippen molar-refractivity contribution in [3.63, 3.8) is 0 Å². The molecular weight excluding hydrogens is 263 g/mol. The van der Waals surface area contributed by atoms with Crippen LogP contribution in [0, 0.1) is 5.92 Å². The molecule has 1 heterocycles. The zero-order valence-electron chi connectivity index (χ0n) is 9.57. The predicted octanol–water partition coefficient (Wildman–Crippen LogP) is 1.62. The number of benzene rings is 1. The summed E-state index contributed by atoms with van der Waals surface area (Å²) in [6.45, 7) is 0.0249. The van der Waals surface area contributed by atoms with Crippen LogP contribution in [0.4, 0.5) is 13.2 Å². The fourth-order valence-electron chi connectivity index (χ4n) is 2.16. The van der Waals surface area contributed by atoms with Crippen molar-refractivity contribution in [2.45, 2.75) is 12.1 Å². The molecule has 4 nitrogen and oxygen atoms in total. The summed E-state index contributed by atoms with van der Waals surface area (Å²) in [4.78, 5) is 22.4. The summed E-state index contributed by atoms with van der Waals surface area (Å²) in [5, 5.41) is 11.3. The first-order valence-electron chi connectivity index (χ1n) is 5.48. The summed E-state index contributed by atoms with van der Waals surface area (Å²) in [6.07, 6.45) is -4.50. The highest BCUT2D eigenvalue weighted by atomic mass is 19.4. The standard InChI is InChI=1S/C12H10F3NO3/c13-12(14,15)7-3-1-2-6(4-7)8-5-16-10(17)9(8)11(18)19/h1-4,8-9H,5H2,(H,16,17)(H,18,19)/t8?,9-/m0/s1. The molecule has 2 rings (SSSR count). The minimum Gasteiger partial charge on any atom is -0.481 e. The van der Waals surface area contributed by atoms with Gasteiger partial charge in [0.05, 0.1) is 5.56 Å². The number of carboxylic acids is 1. The Labute approximate surface area is 106 Å². The summed E-state index contributed by atoms with van der Waals surface area (Å²) in [5.74, 6) is -4.14. The minimum absolute atomic E-state index is 0.0249. The molecule has 1 aromatic carbocycles. The minimum atomic E-state index is -4.50. The molecule has 0 aromatic heterocycles. The summed E-state index contributed by atoms with van der Waals surface area (Å²) >= 11 is 0. The molecule has 1 amide bonds. The van der Waals surface area contributed by atoms with Crippen molar-refractivity contribution in [1.29, 1.82) is 0 Å². The second-order valence-corrected chi connectivity index (χ2v) is 4.29. The van der Waals surface area contributed by atoms with Crippen LogP contribution in [0.1, 0.15) is 17.0 Å². The lowest BCUT2D eigenvalue weighted by atomic mass is 9.88. The molecular formula is C12H10F3NO3. The quantitative estimate of drug-likeness (QED) is 0.805. The van der Waals surface area contributed by atoms with E-state index in [0.29, 0.717) is 0 Å². The Morgan fingerprint density at radius 3 is 2.63 bits per heavy atom. The lowest BCUT2D eigenvalue weighted by Crippen LogP contribution is -2.26. The Kier molecular flexibility index (Phi) is 3.21. The number of amides is 1. The smallest absolute Gasteiger partial charge is 0.416 e. The molecule has 0 aliphatic carbocycles. The monoisotopic (exact) mass is 273 g/mol. The van der Waals surface area contributed by atoms with E-state index in [0.717, 1.165) is 12.1 Å². The lowest BCUT2D eigenvalue weighted by molar-refractivity contribution is -0.145. The second kappa shape index (κ2) is 4.56. The van der Waals surface area contributed by atoms with Gasteiger partial charge in [-0.3, -0.25) is 9.59 Å². The molecule has 0 spiro atoms. The lowest BCUT2D eigenvalue weighted by Gasteiger charge is -2.15. The number of carbonyl (C=O) groups is 2. The van der Waals surface area contributed by atoms with Crippen LogP contribution in [0.2, 0.25) is 0 Å². The average Bonchev–Trinajstić information content (AvgIpc) is 2.70. The maximum atomic E-state index is 12.6. The van der Waals surface area contributed by atoms with Crippen molar-refractivity contribution >= 4 is 11.9 Å². The molecule has 102 valence electrons. The molecule has 0 radical (unpaired) electrons. The highest BCUT2D eigenvalue weighted by Crippen LogP contribution is 2.34. The van der Waals surface area contributed by atoms with Crippen molar-refractivity contribution in [3.8, 4) is 0 Å². The molecule has 0 saturated carbocycles.